The maximum absolute atomic E-state index is 8.68. The number of nitrogens with zero attached hydrogens (tertiary/aromatic N) is 2. The fourth-order valence-electron chi connectivity index (χ4n) is 1.51. The van der Waals surface area contributed by atoms with Crippen molar-refractivity contribution in [2.24, 2.45) is 10.3 Å². The Labute approximate surface area is 74.8 Å². The lowest BCUT2D eigenvalue weighted by Crippen LogP contribution is -1.95. The summed E-state index contributed by atoms with van der Waals surface area (Å²) in [4.78, 5) is 0. The molecule has 0 aliphatic heterocycles. The minimum atomic E-state index is 0.381. The summed E-state index contributed by atoms with van der Waals surface area (Å²) in [5.74, 6) is 0. The average molecular weight is 176 g/mol. The largest absolute Gasteiger partial charge is 0.411 e. The van der Waals surface area contributed by atoms with E-state index in [1.165, 1.54) is 0 Å². The highest BCUT2D eigenvalue weighted by molar-refractivity contribution is 6.27. The molecule has 1 aliphatic rings. The molecule has 1 aromatic rings. The second-order valence-corrected chi connectivity index (χ2v) is 2.82. The predicted molar refractivity (Wildman–Crippen MR) is 47.7 cm³/mol. The molecule has 4 nitrogen and oxygen atoms in total. The average Bonchev–Trinajstić information content (AvgIpc) is 2.56. The van der Waals surface area contributed by atoms with Crippen LogP contribution in [0.4, 0.5) is 0 Å². The van der Waals surface area contributed by atoms with Gasteiger partial charge in [-0.3, -0.25) is 0 Å². The summed E-state index contributed by atoms with van der Waals surface area (Å²) in [5.41, 5.74) is 2.75. The third-order valence-corrected chi connectivity index (χ3v) is 2.13. The van der Waals surface area contributed by atoms with Crippen molar-refractivity contribution in [3.63, 3.8) is 0 Å². The van der Waals surface area contributed by atoms with E-state index in [2.05, 4.69) is 10.3 Å². The Balaban J connectivity index is 2.63. The molecule has 0 unspecified atom stereocenters. The second-order valence-electron chi connectivity index (χ2n) is 2.82. The van der Waals surface area contributed by atoms with E-state index >= 15 is 0 Å². The van der Waals surface area contributed by atoms with Crippen molar-refractivity contribution in [1.82, 2.24) is 0 Å². The summed E-state index contributed by atoms with van der Waals surface area (Å²) in [6, 6.07) is 7.37. The molecule has 0 saturated heterocycles. The van der Waals surface area contributed by atoms with Crippen molar-refractivity contribution < 1.29 is 10.4 Å². The van der Waals surface area contributed by atoms with Gasteiger partial charge in [-0.2, -0.15) is 0 Å². The molecule has 0 saturated carbocycles. The van der Waals surface area contributed by atoms with Crippen LogP contribution in [-0.4, -0.2) is 21.8 Å². The lowest BCUT2D eigenvalue weighted by Gasteiger charge is -1.95. The minimum absolute atomic E-state index is 0.381. The Morgan fingerprint density at radius 1 is 0.923 bits per heavy atom. The summed E-state index contributed by atoms with van der Waals surface area (Å²) < 4.78 is 0. The van der Waals surface area contributed by atoms with Gasteiger partial charge >= 0.3 is 0 Å². The van der Waals surface area contributed by atoms with Gasteiger partial charge in [0, 0.05) is 17.5 Å². The zero-order chi connectivity index (χ0) is 9.26. The quantitative estimate of drug-likeness (QED) is 0.464. The Bertz CT molecular complexity index is 359. The molecule has 0 radical (unpaired) electrons. The molecule has 1 aliphatic carbocycles. The molecule has 0 spiro atoms. The van der Waals surface area contributed by atoms with Gasteiger partial charge in [-0.25, -0.2) is 0 Å². The smallest absolute Gasteiger partial charge is 0.0935 e. The molecule has 1 aromatic carbocycles. The van der Waals surface area contributed by atoms with Gasteiger partial charge in [0.1, 0.15) is 0 Å². The zero-order valence-electron chi connectivity index (χ0n) is 6.81. The van der Waals surface area contributed by atoms with Gasteiger partial charge in [0.15, 0.2) is 0 Å². The third-order valence-electron chi connectivity index (χ3n) is 2.13. The minimum Gasteiger partial charge on any atom is -0.411 e. The predicted octanol–water partition coefficient (Wildman–Crippen LogP) is 1.45. The number of benzene rings is 1. The lowest BCUT2D eigenvalue weighted by atomic mass is 10.1. The van der Waals surface area contributed by atoms with E-state index in [0.717, 1.165) is 11.1 Å². The van der Waals surface area contributed by atoms with Crippen LogP contribution in [-0.2, 0) is 0 Å². The zero-order valence-corrected chi connectivity index (χ0v) is 6.81. The van der Waals surface area contributed by atoms with Crippen molar-refractivity contribution in [1.29, 1.82) is 0 Å². The van der Waals surface area contributed by atoms with Crippen molar-refractivity contribution >= 4 is 11.4 Å². The van der Waals surface area contributed by atoms with E-state index in [4.69, 9.17) is 10.4 Å². The second kappa shape index (κ2) is 2.90. The SMILES string of the molecule is O/N=C1/C/C(=N\O)c2ccccc21. The molecule has 0 fully saturated rings. The summed E-state index contributed by atoms with van der Waals surface area (Å²) in [6.07, 6.45) is 0.381. The number of hydrogen-bond donors (Lipinski definition) is 2. The third kappa shape index (κ3) is 1.07. The molecule has 2 N–H and O–H groups in total. The molecule has 0 atom stereocenters. The molecule has 4 heteroatoms. The van der Waals surface area contributed by atoms with Crippen LogP contribution in [0.5, 0.6) is 0 Å². The monoisotopic (exact) mass is 176 g/mol. The maximum Gasteiger partial charge on any atom is 0.0935 e. The lowest BCUT2D eigenvalue weighted by molar-refractivity contribution is 0.316. The molecule has 66 valence electrons. The van der Waals surface area contributed by atoms with Crippen LogP contribution in [0.2, 0.25) is 0 Å². The van der Waals surface area contributed by atoms with Gasteiger partial charge in [0.2, 0.25) is 0 Å². The van der Waals surface area contributed by atoms with Crippen molar-refractivity contribution in [3.05, 3.63) is 35.4 Å². The van der Waals surface area contributed by atoms with E-state index in [1.54, 1.807) is 0 Å². The Morgan fingerprint density at radius 3 is 1.77 bits per heavy atom. The van der Waals surface area contributed by atoms with Crippen molar-refractivity contribution in [2.45, 2.75) is 6.42 Å². The van der Waals surface area contributed by atoms with Crippen LogP contribution in [0.25, 0.3) is 0 Å². The molecule has 13 heavy (non-hydrogen) atoms. The molecule has 0 bridgehead atoms. The normalized spacial score (nSPS) is 20.9. The molecular formula is C9H8N2O2. The Morgan fingerprint density at radius 2 is 1.38 bits per heavy atom. The van der Waals surface area contributed by atoms with Crippen LogP contribution in [0.15, 0.2) is 34.6 Å². The van der Waals surface area contributed by atoms with E-state index in [9.17, 15) is 0 Å². The Kier molecular flexibility index (Phi) is 1.73. The fourth-order valence-corrected chi connectivity index (χ4v) is 1.51. The standard InChI is InChI=1S/C9H8N2O2/c12-10-8-5-9(11-13)7-4-2-1-3-6(7)8/h1-4,12-13H,5H2/b10-8-,11-9+. The van der Waals surface area contributed by atoms with Gasteiger partial charge in [0.25, 0.3) is 0 Å². The van der Waals surface area contributed by atoms with Gasteiger partial charge in [0.05, 0.1) is 11.4 Å². The number of rotatable bonds is 0. The molecule has 0 aromatic heterocycles. The number of hydrogen-bond acceptors (Lipinski definition) is 4. The van der Waals surface area contributed by atoms with Crippen molar-refractivity contribution in [2.75, 3.05) is 0 Å². The van der Waals surface area contributed by atoms with E-state index < -0.39 is 0 Å². The highest BCUT2D eigenvalue weighted by Crippen LogP contribution is 2.22. The number of oxime groups is 2. The van der Waals surface area contributed by atoms with Crippen molar-refractivity contribution in [3.8, 4) is 0 Å². The van der Waals surface area contributed by atoms with Gasteiger partial charge in [-0.05, 0) is 0 Å². The Hall–Kier alpha value is -1.84. The first-order chi connectivity index (χ1) is 6.36. The first kappa shape index (κ1) is 7.79. The molecule has 2 rings (SSSR count). The van der Waals surface area contributed by atoms with Gasteiger partial charge in [-0.1, -0.05) is 34.6 Å². The van der Waals surface area contributed by atoms with Crippen LogP contribution >= 0.6 is 0 Å². The fraction of sp³-hybridized carbons (Fsp3) is 0.111. The first-order valence-corrected chi connectivity index (χ1v) is 3.88. The topological polar surface area (TPSA) is 65.2 Å². The van der Waals surface area contributed by atoms with Crippen LogP contribution in [0, 0.1) is 0 Å². The van der Waals surface area contributed by atoms with Gasteiger partial charge in [-0.15, -0.1) is 0 Å². The van der Waals surface area contributed by atoms with E-state index in [-0.39, 0.29) is 0 Å². The number of fused-ring (bicyclic) bond motifs is 1. The van der Waals surface area contributed by atoms with Crippen LogP contribution < -0.4 is 0 Å². The van der Waals surface area contributed by atoms with E-state index in [0.29, 0.717) is 17.8 Å². The molecular weight excluding hydrogens is 168 g/mol. The molecule has 0 heterocycles. The van der Waals surface area contributed by atoms with Crippen LogP contribution in [0.1, 0.15) is 17.5 Å². The van der Waals surface area contributed by atoms with Crippen LogP contribution in [0.3, 0.4) is 0 Å². The molecule has 0 amide bonds. The summed E-state index contributed by atoms with van der Waals surface area (Å²) in [7, 11) is 0. The summed E-state index contributed by atoms with van der Waals surface area (Å²) in [5, 5.41) is 23.7. The highest BCUT2D eigenvalue weighted by Gasteiger charge is 2.23. The first-order valence-electron chi connectivity index (χ1n) is 3.88. The highest BCUT2D eigenvalue weighted by atomic mass is 16.4. The van der Waals surface area contributed by atoms with E-state index in [1.807, 2.05) is 24.3 Å². The summed E-state index contributed by atoms with van der Waals surface area (Å²) >= 11 is 0. The maximum atomic E-state index is 8.68. The van der Waals surface area contributed by atoms with Gasteiger partial charge < -0.3 is 10.4 Å². The summed E-state index contributed by atoms with van der Waals surface area (Å²) in [6.45, 7) is 0.